The number of nitrogens with zero attached hydrogens (tertiary/aromatic N) is 2. The third kappa shape index (κ3) is 2.01. The number of para-hydroxylation sites is 2. The van der Waals surface area contributed by atoms with Crippen LogP contribution in [0.15, 0.2) is 24.3 Å². The largest absolute Gasteiger partial charge is 0.381 e. The third-order valence-electron chi connectivity index (χ3n) is 3.00. The highest BCUT2D eigenvalue weighted by Gasteiger charge is 2.16. The number of nitrogens with two attached hydrogens (primary N) is 1. The van der Waals surface area contributed by atoms with Gasteiger partial charge in [-0.25, -0.2) is 9.97 Å². The zero-order valence-corrected chi connectivity index (χ0v) is 9.48. The Kier molecular flexibility index (Phi) is 2.53. The lowest BCUT2D eigenvalue weighted by Gasteiger charge is -2.13. The second-order valence-corrected chi connectivity index (χ2v) is 4.28. The van der Waals surface area contributed by atoms with Crippen molar-refractivity contribution in [2.24, 2.45) is 0 Å². The van der Waals surface area contributed by atoms with Crippen LogP contribution in [0.3, 0.4) is 0 Å². The molecular weight excluding hydrogens is 214 g/mol. The van der Waals surface area contributed by atoms with E-state index in [4.69, 9.17) is 5.73 Å². The summed E-state index contributed by atoms with van der Waals surface area (Å²) in [6.07, 6.45) is 1.09. The van der Waals surface area contributed by atoms with Crippen LogP contribution >= 0.6 is 0 Å². The molecule has 2 aromatic rings. The van der Waals surface area contributed by atoms with Crippen molar-refractivity contribution in [3.8, 4) is 0 Å². The minimum Gasteiger partial charge on any atom is -0.381 e. The molecule has 1 fully saturated rings. The van der Waals surface area contributed by atoms with Gasteiger partial charge in [0.2, 0.25) is 0 Å². The second-order valence-electron chi connectivity index (χ2n) is 4.28. The quantitative estimate of drug-likeness (QED) is 0.716. The van der Waals surface area contributed by atoms with Crippen LogP contribution in [-0.4, -0.2) is 29.1 Å². The molecule has 3 rings (SSSR count). The molecule has 5 nitrogen and oxygen atoms in total. The summed E-state index contributed by atoms with van der Waals surface area (Å²) < 4.78 is 0. The van der Waals surface area contributed by atoms with Gasteiger partial charge in [0.15, 0.2) is 11.6 Å². The first-order valence-electron chi connectivity index (χ1n) is 5.82. The Bertz CT molecular complexity index is 533. The maximum atomic E-state index is 5.91. The second kappa shape index (κ2) is 4.18. The van der Waals surface area contributed by atoms with Crippen LogP contribution in [0.1, 0.15) is 6.42 Å². The lowest BCUT2D eigenvalue weighted by atomic mass is 10.2. The summed E-state index contributed by atoms with van der Waals surface area (Å²) in [4.78, 5) is 8.86. The first-order valence-corrected chi connectivity index (χ1v) is 5.82. The van der Waals surface area contributed by atoms with Crippen LogP contribution in [0.25, 0.3) is 11.0 Å². The van der Waals surface area contributed by atoms with Gasteiger partial charge in [-0.3, -0.25) is 0 Å². The Hall–Kier alpha value is -1.88. The van der Waals surface area contributed by atoms with E-state index < -0.39 is 0 Å². The van der Waals surface area contributed by atoms with Crippen LogP contribution in [0.5, 0.6) is 0 Å². The van der Waals surface area contributed by atoms with E-state index in [1.54, 1.807) is 0 Å². The average Bonchev–Trinajstić information content (AvgIpc) is 2.83. The number of benzene rings is 1. The van der Waals surface area contributed by atoms with E-state index in [-0.39, 0.29) is 0 Å². The monoisotopic (exact) mass is 229 g/mol. The predicted octanol–water partition coefficient (Wildman–Crippen LogP) is 0.986. The fourth-order valence-electron chi connectivity index (χ4n) is 2.09. The maximum Gasteiger partial charge on any atom is 0.169 e. The van der Waals surface area contributed by atoms with E-state index in [9.17, 15) is 0 Å². The van der Waals surface area contributed by atoms with Gasteiger partial charge in [0.1, 0.15) is 0 Å². The highest BCUT2D eigenvalue weighted by Crippen LogP contribution is 2.19. The van der Waals surface area contributed by atoms with Crippen molar-refractivity contribution in [2.45, 2.75) is 12.5 Å². The van der Waals surface area contributed by atoms with E-state index in [1.165, 1.54) is 0 Å². The number of anilines is 2. The topological polar surface area (TPSA) is 75.9 Å². The number of nitrogens with one attached hydrogen (secondary N) is 2. The number of hydrogen-bond acceptors (Lipinski definition) is 5. The molecular formula is C12H15N5. The van der Waals surface area contributed by atoms with Crippen LogP contribution in [-0.2, 0) is 0 Å². The Labute approximate surface area is 99.4 Å². The zero-order valence-electron chi connectivity index (χ0n) is 9.48. The Morgan fingerprint density at radius 2 is 2.00 bits per heavy atom. The summed E-state index contributed by atoms with van der Waals surface area (Å²) in [7, 11) is 0. The molecule has 0 radical (unpaired) electrons. The molecule has 0 spiro atoms. The highest BCUT2D eigenvalue weighted by atomic mass is 15.1. The molecule has 1 aliphatic heterocycles. The molecule has 0 aliphatic carbocycles. The normalized spacial score (nSPS) is 19.6. The molecule has 1 aliphatic rings. The molecule has 88 valence electrons. The average molecular weight is 229 g/mol. The van der Waals surface area contributed by atoms with Crippen molar-refractivity contribution in [2.75, 3.05) is 24.1 Å². The van der Waals surface area contributed by atoms with Crippen molar-refractivity contribution in [1.82, 2.24) is 15.3 Å². The lowest BCUT2D eigenvalue weighted by molar-refractivity contribution is 0.788. The summed E-state index contributed by atoms with van der Waals surface area (Å²) >= 11 is 0. The molecule has 1 atom stereocenters. The van der Waals surface area contributed by atoms with Crippen LogP contribution < -0.4 is 16.4 Å². The van der Waals surface area contributed by atoms with Gasteiger partial charge in [-0.1, -0.05) is 12.1 Å². The Morgan fingerprint density at radius 3 is 2.71 bits per heavy atom. The summed E-state index contributed by atoms with van der Waals surface area (Å²) in [5, 5.41) is 6.64. The van der Waals surface area contributed by atoms with Gasteiger partial charge in [-0.05, 0) is 25.1 Å². The summed E-state index contributed by atoms with van der Waals surface area (Å²) in [5.74, 6) is 1.16. The standard InChI is InChI=1S/C12H15N5/c13-11-12(15-8-5-6-14-7-8)17-10-4-2-1-3-9(10)16-11/h1-4,8,14H,5-7H2,(H2,13,16)(H,15,17). The summed E-state index contributed by atoms with van der Waals surface area (Å²) in [6.45, 7) is 1.99. The van der Waals surface area contributed by atoms with Gasteiger partial charge in [-0.15, -0.1) is 0 Å². The van der Waals surface area contributed by atoms with Crippen LogP contribution in [0, 0.1) is 0 Å². The number of fused-ring (bicyclic) bond motifs is 1. The number of nitrogen functional groups attached to an aromatic ring is 1. The Morgan fingerprint density at radius 1 is 1.24 bits per heavy atom. The van der Waals surface area contributed by atoms with Crippen LogP contribution in [0.2, 0.25) is 0 Å². The molecule has 5 heteroatoms. The van der Waals surface area contributed by atoms with Crippen molar-refractivity contribution < 1.29 is 0 Å². The third-order valence-corrected chi connectivity index (χ3v) is 3.00. The summed E-state index contributed by atoms with van der Waals surface area (Å²) in [5.41, 5.74) is 7.61. The van der Waals surface area contributed by atoms with Gasteiger partial charge in [-0.2, -0.15) is 0 Å². The fraction of sp³-hybridized carbons (Fsp3) is 0.333. The molecule has 0 bridgehead atoms. The lowest BCUT2D eigenvalue weighted by Crippen LogP contribution is -2.23. The van der Waals surface area contributed by atoms with Crippen molar-refractivity contribution in [3.05, 3.63) is 24.3 Å². The number of aromatic nitrogens is 2. The van der Waals surface area contributed by atoms with Crippen molar-refractivity contribution in [1.29, 1.82) is 0 Å². The van der Waals surface area contributed by atoms with Gasteiger partial charge in [0.05, 0.1) is 11.0 Å². The molecule has 1 aromatic carbocycles. The zero-order chi connectivity index (χ0) is 11.7. The predicted molar refractivity (Wildman–Crippen MR) is 68.8 cm³/mol. The fourth-order valence-corrected chi connectivity index (χ4v) is 2.09. The molecule has 1 aromatic heterocycles. The molecule has 1 saturated heterocycles. The first kappa shape index (κ1) is 10.3. The first-order chi connectivity index (χ1) is 8.33. The molecule has 0 saturated carbocycles. The van der Waals surface area contributed by atoms with Gasteiger partial charge >= 0.3 is 0 Å². The maximum absolute atomic E-state index is 5.91. The molecule has 1 unspecified atom stereocenters. The van der Waals surface area contributed by atoms with Crippen molar-refractivity contribution in [3.63, 3.8) is 0 Å². The molecule has 17 heavy (non-hydrogen) atoms. The number of rotatable bonds is 2. The van der Waals surface area contributed by atoms with Gasteiger partial charge in [0, 0.05) is 12.6 Å². The summed E-state index contributed by atoms with van der Waals surface area (Å²) in [6, 6.07) is 8.14. The smallest absolute Gasteiger partial charge is 0.169 e. The SMILES string of the molecule is Nc1nc2ccccc2nc1NC1CCNC1. The van der Waals surface area contributed by atoms with E-state index in [0.717, 1.165) is 30.5 Å². The molecule has 2 heterocycles. The number of hydrogen-bond donors (Lipinski definition) is 3. The Balaban J connectivity index is 1.95. The van der Waals surface area contributed by atoms with E-state index in [0.29, 0.717) is 17.7 Å². The van der Waals surface area contributed by atoms with Crippen molar-refractivity contribution >= 4 is 22.7 Å². The van der Waals surface area contributed by atoms with Gasteiger partial charge in [0.25, 0.3) is 0 Å². The van der Waals surface area contributed by atoms with E-state index >= 15 is 0 Å². The minimum absolute atomic E-state index is 0.396. The highest BCUT2D eigenvalue weighted by molar-refractivity contribution is 5.79. The molecule has 0 amide bonds. The van der Waals surface area contributed by atoms with Gasteiger partial charge < -0.3 is 16.4 Å². The van der Waals surface area contributed by atoms with E-state index in [2.05, 4.69) is 20.6 Å². The van der Waals surface area contributed by atoms with Crippen LogP contribution in [0.4, 0.5) is 11.6 Å². The molecule has 4 N–H and O–H groups in total. The minimum atomic E-state index is 0.396. The van der Waals surface area contributed by atoms with E-state index in [1.807, 2.05) is 24.3 Å².